The number of halogens is 3. The number of fused-ring (bicyclic) bond motifs is 3. The molecule has 0 bridgehead atoms. The summed E-state index contributed by atoms with van der Waals surface area (Å²) in [6.45, 7) is 3.69. The molecule has 0 spiro atoms. The van der Waals surface area contributed by atoms with Gasteiger partial charge in [-0.15, -0.1) is 0 Å². The number of hydrogen-bond donors (Lipinski definition) is 1. The Bertz CT molecular complexity index is 1870. The van der Waals surface area contributed by atoms with Crippen molar-refractivity contribution >= 4 is 33.7 Å². The third kappa shape index (κ3) is 4.60. The zero-order chi connectivity index (χ0) is 29.9. The second-order valence-corrected chi connectivity index (χ2v) is 10.6. The van der Waals surface area contributed by atoms with E-state index < -0.39 is 17.2 Å². The summed E-state index contributed by atoms with van der Waals surface area (Å²) in [4.78, 5) is 36.3. The highest BCUT2D eigenvalue weighted by atomic mass is 19.4. The minimum atomic E-state index is -4.59. The number of amides is 1. The molecule has 0 aliphatic rings. The number of nitrogens with one attached hydrogen (secondary N) is 1. The first kappa shape index (κ1) is 27.9. The second kappa shape index (κ2) is 9.76. The van der Waals surface area contributed by atoms with Crippen LogP contribution in [0.3, 0.4) is 0 Å². The van der Waals surface area contributed by atoms with Crippen LogP contribution in [0.2, 0.25) is 0 Å². The lowest BCUT2D eigenvalue weighted by molar-refractivity contribution is -0.137. The van der Waals surface area contributed by atoms with Gasteiger partial charge in [0.2, 0.25) is 5.91 Å². The molecule has 8 nitrogen and oxygen atoms in total. The van der Waals surface area contributed by atoms with Crippen LogP contribution in [-0.4, -0.2) is 51.1 Å². The second-order valence-electron chi connectivity index (χ2n) is 10.6. The van der Waals surface area contributed by atoms with E-state index in [9.17, 15) is 22.8 Å². The highest BCUT2D eigenvalue weighted by Gasteiger charge is 2.35. The molecule has 1 N–H and O–H groups in total. The monoisotopic (exact) mass is 562 g/mol. The predicted molar refractivity (Wildman–Crippen MR) is 153 cm³/mol. The zero-order valence-electron chi connectivity index (χ0n) is 23.5. The molecular weight excluding hydrogens is 533 g/mol. The minimum absolute atomic E-state index is 0.0527. The highest BCUT2D eigenvalue weighted by molar-refractivity contribution is 6.04. The average Bonchev–Trinajstić information content (AvgIpc) is 3.21. The third-order valence-corrected chi connectivity index (χ3v) is 7.43. The lowest BCUT2D eigenvalue weighted by atomic mass is 9.83. The summed E-state index contributed by atoms with van der Waals surface area (Å²) in [7, 11) is 6.44. The standard InChI is InChI=1S/C30H29F3N6O2/c1-29(2,27(40)37(4)5)19-8-10-20(11-9-19)39-25-21-13-17(7-12-23(21)35-16-24(25)38(6)28(39)41)18-14-22(30(31,32)33)26(34-3)36-15-18/h7-16H,1-6H3,(H,34,36). The van der Waals surface area contributed by atoms with Crippen LogP contribution in [0.25, 0.3) is 38.8 Å². The van der Waals surface area contributed by atoms with Gasteiger partial charge in [0, 0.05) is 45.3 Å². The van der Waals surface area contributed by atoms with Crippen molar-refractivity contribution in [1.29, 1.82) is 0 Å². The Labute approximate surface area is 234 Å². The molecule has 3 heterocycles. The molecule has 0 saturated carbocycles. The Morgan fingerprint density at radius 3 is 2.24 bits per heavy atom. The minimum Gasteiger partial charge on any atom is -0.373 e. The Kier molecular flexibility index (Phi) is 6.63. The largest absolute Gasteiger partial charge is 0.419 e. The van der Waals surface area contributed by atoms with Crippen molar-refractivity contribution in [3.05, 3.63) is 82.5 Å². The summed E-state index contributed by atoms with van der Waals surface area (Å²) in [6, 6.07) is 13.4. The van der Waals surface area contributed by atoms with E-state index in [1.165, 1.54) is 17.8 Å². The van der Waals surface area contributed by atoms with Gasteiger partial charge in [0.25, 0.3) is 0 Å². The van der Waals surface area contributed by atoms with E-state index in [0.717, 1.165) is 11.6 Å². The van der Waals surface area contributed by atoms with Crippen LogP contribution in [0.1, 0.15) is 25.0 Å². The normalized spacial score (nSPS) is 12.2. The number of rotatable bonds is 5. The maximum Gasteiger partial charge on any atom is 0.419 e. The van der Waals surface area contributed by atoms with Crippen LogP contribution in [0, 0.1) is 0 Å². The number of nitrogens with zero attached hydrogens (tertiary/aromatic N) is 5. The fourth-order valence-corrected chi connectivity index (χ4v) is 5.16. The predicted octanol–water partition coefficient (Wildman–Crippen LogP) is 5.37. The molecule has 0 aliphatic carbocycles. The van der Waals surface area contributed by atoms with Crippen molar-refractivity contribution in [1.82, 2.24) is 24.0 Å². The summed E-state index contributed by atoms with van der Waals surface area (Å²) < 4.78 is 44.2. The highest BCUT2D eigenvalue weighted by Crippen LogP contribution is 2.37. The summed E-state index contributed by atoms with van der Waals surface area (Å²) in [5.74, 6) is -0.315. The van der Waals surface area contributed by atoms with Crippen LogP contribution in [-0.2, 0) is 23.4 Å². The Morgan fingerprint density at radius 2 is 1.63 bits per heavy atom. The first-order valence-electron chi connectivity index (χ1n) is 12.8. The molecule has 0 aliphatic heterocycles. The van der Waals surface area contributed by atoms with E-state index in [1.54, 1.807) is 67.1 Å². The number of imidazole rings is 1. The number of aromatic nitrogens is 4. The van der Waals surface area contributed by atoms with Crippen LogP contribution in [0.5, 0.6) is 0 Å². The molecule has 212 valence electrons. The van der Waals surface area contributed by atoms with Crippen LogP contribution in [0.4, 0.5) is 19.0 Å². The SMILES string of the molecule is CNc1ncc(-c2ccc3ncc4c(c3c2)n(-c2ccc(C(C)(C)C(=O)N(C)C)cc2)c(=O)n4C)cc1C(F)(F)F. The fourth-order valence-electron chi connectivity index (χ4n) is 5.16. The first-order valence-corrected chi connectivity index (χ1v) is 12.8. The molecule has 41 heavy (non-hydrogen) atoms. The van der Waals surface area contributed by atoms with Gasteiger partial charge in [0.05, 0.1) is 39.4 Å². The number of aryl methyl sites for hydroxylation is 1. The van der Waals surface area contributed by atoms with E-state index in [0.29, 0.717) is 33.2 Å². The number of hydrogen-bond acceptors (Lipinski definition) is 5. The van der Waals surface area contributed by atoms with E-state index in [2.05, 4.69) is 15.3 Å². The maximum atomic E-state index is 13.7. The molecule has 11 heteroatoms. The Morgan fingerprint density at radius 1 is 0.951 bits per heavy atom. The van der Waals surface area contributed by atoms with Crippen molar-refractivity contribution < 1.29 is 18.0 Å². The number of anilines is 1. The number of carbonyl (C=O) groups is 1. The Hall–Kier alpha value is -4.67. The number of benzene rings is 2. The van der Waals surface area contributed by atoms with Crippen molar-refractivity contribution in [2.24, 2.45) is 7.05 Å². The van der Waals surface area contributed by atoms with Crippen LogP contribution >= 0.6 is 0 Å². The topological polar surface area (TPSA) is 85.1 Å². The van der Waals surface area contributed by atoms with E-state index in [-0.39, 0.29) is 23.0 Å². The lowest BCUT2D eigenvalue weighted by Crippen LogP contribution is -2.39. The molecule has 1 amide bonds. The fraction of sp³-hybridized carbons (Fsp3) is 0.267. The van der Waals surface area contributed by atoms with Crippen molar-refractivity contribution in [2.45, 2.75) is 25.4 Å². The van der Waals surface area contributed by atoms with Crippen molar-refractivity contribution in [3.8, 4) is 16.8 Å². The zero-order valence-corrected chi connectivity index (χ0v) is 23.5. The molecule has 3 aromatic heterocycles. The number of carbonyl (C=O) groups excluding carboxylic acids is 1. The number of likely N-dealkylation sites (N-methyl/N-ethyl adjacent to an activating group) is 1. The smallest absolute Gasteiger partial charge is 0.373 e. The lowest BCUT2D eigenvalue weighted by Gasteiger charge is -2.27. The summed E-state index contributed by atoms with van der Waals surface area (Å²) in [6.07, 6.45) is -1.61. The van der Waals surface area contributed by atoms with E-state index in [1.807, 2.05) is 26.0 Å². The molecule has 0 unspecified atom stereocenters. The van der Waals surface area contributed by atoms with Crippen LogP contribution < -0.4 is 11.0 Å². The van der Waals surface area contributed by atoms with Crippen LogP contribution in [0.15, 0.2) is 65.7 Å². The van der Waals surface area contributed by atoms with E-state index >= 15 is 0 Å². The van der Waals surface area contributed by atoms with Gasteiger partial charge in [-0.1, -0.05) is 18.2 Å². The first-order chi connectivity index (χ1) is 19.3. The van der Waals surface area contributed by atoms with Crippen molar-refractivity contribution in [2.75, 3.05) is 26.5 Å². The average molecular weight is 563 g/mol. The number of alkyl halides is 3. The molecule has 0 atom stereocenters. The third-order valence-electron chi connectivity index (χ3n) is 7.43. The van der Waals surface area contributed by atoms with E-state index in [4.69, 9.17) is 0 Å². The summed E-state index contributed by atoms with van der Waals surface area (Å²) in [5, 5.41) is 3.08. The molecule has 2 aromatic carbocycles. The van der Waals surface area contributed by atoms with Gasteiger partial charge in [0.15, 0.2) is 0 Å². The van der Waals surface area contributed by atoms with Crippen molar-refractivity contribution in [3.63, 3.8) is 0 Å². The van der Waals surface area contributed by atoms with Gasteiger partial charge < -0.3 is 10.2 Å². The number of pyridine rings is 2. The van der Waals surface area contributed by atoms with Gasteiger partial charge in [-0.05, 0) is 55.3 Å². The molecule has 0 saturated heterocycles. The van der Waals surface area contributed by atoms with Gasteiger partial charge in [-0.2, -0.15) is 13.2 Å². The summed E-state index contributed by atoms with van der Waals surface area (Å²) in [5.41, 5.74) is 1.89. The molecule has 5 rings (SSSR count). The quantitative estimate of drug-likeness (QED) is 0.312. The summed E-state index contributed by atoms with van der Waals surface area (Å²) >= 11 is 0. The maximum absolute atomic E-state index is 13.7. The van der Waals surface area contributed by atoms with Gasteiger partial charge >= 0.3 is 11.9 Å². The van der Waals surface area contributed by atoms with Gasteiger partial charge in [-0.3, -0.25) is 18.9 Å². The molecule has 5 aromatic rings. The van der Waals surface area contributed by atoms with Gasteiger partial charge in [0.1, 0.15) is 5.82 Å². The molecule has 0 radical (unpaired) electrons. The molecular formula is C30H29F3N6O2. The molecule has 0 fully saturated rings. The Balaban J connectivity index is 1.71. The van der Waals surface area contributed by atoms with Gasteiger partial charge in [-0.25, -0.2) is 9.78 Å².